The van der Waals surface area contributed by atoms with E-state index in [1.165, 1.54) is 0 Å². The van der Waals surface area contributed by atoms with Gasteiger partial charge in [-0.15, -0.1) is 10.2 Å². The molecule has 0 radical (unpaired) electrons. The summed E-state index contributed by atoms with van der Waals surface area (Å²) in [6.45, 7) is 0. The number of hydrogen-bond donors (Lipinski definition) is 0. The van der Waals surface area contributed by atoms with Crippen LogP contribution in [0.3, 0.4) is 0 Å². The fourth-order valence-corrected chi connectivity index (χ4v) is 3.28. The summed E-state index contributed by atoms with van der Waals surface area (Å²) < 4.78 is 13.0. The van der Waals surface area contributed by atoms with E-state index in [-0.39, 0.29) is 0 Å². The van der Waals surface area contributed by atoms with E-state index in [9.17, 15) is 0 Å². The lowest BCUT2D eigenvalue weighted by molar-refractivity contribution is 0.414. The topological polar surface area (TPSA) is 66.0 Å². The van der Waals surface area contributed by atoms with Gasteiger partial charge < -0.3 is 9.15 Å². The molecule has 0 bridgehead atoms. The second-order valence-corrected chi connectivity index (χ2v) is 6.38. The third-order valence-electron chi connectivity index (χ3n) is 3.77. The number of nitrogens with zero attached hydrogens (tertiary/aromatic N) is 4. The molecule has 0 aliphatic carbocycles. The summed E-state index contributed by atoms with van der Waals surface area (Å²) in [5, 5.41) is 9.10. The molecule has 0 aliphatic rings. The first-order valence-corrected chi connectivity index (χ1v) is 9.00. The van der Waals surface area contributed by atoms with Gasteiger partial charge in [-0.05, 0) is 36.4 Å². The van der Waals surface area contributed by atoms with Gasteiger partial charge in [0.1, 0.15) is 5.75 Å². The van der Waals surface area contributed by atoms with E-state index >= 15 is 0 Å². The summed E-state index contributed by atoms with van der Waals surface area (Å²) in [6, 6.07) is 17.6. The summed E-state index contributed by atoms with van der Waals surface area (Å²) in [5.74, 6) is 2.47. The minimum atomic E-state index is 0.527. The Morgan fingerprint density at radius 3 is 2.62 bits per heavy atom. The Morgan fingerprint density at radius 1 is 1.04 bits per heavy atom. The Labute approximate surface area is 154 Å². The van der Waals surface area contributed by atoms with Crippen LogP contribution >= 0.6 is 11.8 Å². The molecule has 6 nitrogen and oxygen atoms in total. The van der Waals surface area contributed by atoms with Gasteiger partial charge in [-0.25, -0.2) is 4.98 Å². The Bertz CT molecular complexity index is 980. The zero-order valence-corrected chi connectivity index (χ0v) is 14.9. The molecular weight excluding hydrogens is 348 g/mol. The highest BCUT2D eigenvalue weighted by Crippen LogP contribution is 2.26. The highest BCUT2D eigenvalue weighted by molar-refractivity contribution is 7.98. The highest BCUT2D eigenvalue weighted by atomic mass is 32.2. The number of imidazole rings is 1. The van der Waals surface area contributed by atoms with Crippen LogP contribution in [-0.4, -0.2) is 26.9 Å². The Kier molecular flexibility index (Phi) is 4.70. The lowest BCUT2D eigenvalue weighted by Gasteiger charge is -2.07. The quantitative estimate of drug-likeness (QED) is 0.477. The first-order valence-electron chi connectivity index (χ1n) is 8.02. The van der Waals surface area contributed by atoms with Crippen molar-refractivity contribution in [2.45, 2.75) is 10.9 Å². The normalized spacial score (nSPS) is 10.8. The summed E-state index contributed by atoms with van der Waals surface area (Å²) >= 11 is 1.54. The minimum Gasteiger partial charge on any atom is -0.497 e. The molecule has 2 aromatic carbocycles. The molecule has 4 aromatic rings. The zero-order valence-electron chi connectivity index (χ0n) is 14.1. The van der Waals surface area contributed by atoms with E-state index in [4.69, 9.17) is 9.15 Å². The van der Waals surface area contributed by atoms with E-state index < -0.39 is 0 Å². The van der Waals surface area contributed by atoms with Crippen molar-refractivity contribution in [1.82, 2.24) is 19.7 Å². The molecule has 0 atom stereocenters. The SMILES string of the molecule is COc1ccc(-n2ccnc2SCc2nnc(-c3ccccc3)o2)cc1. The van der Waals surface area contributed by atoms with Crippen molar-refractivity contribution in [3.8, 4) is 22.9 Å². The molecule has 0 saturated carbocycles. The number of aromatic nitrogens is 4. The number of hydrogen-bond acceptors (Lipinski definition) is 6. The van der Waals surface area contributed by atoms with Gasteiger partial charge in [0, 0.05) is 23.6 Å². The molecular formula is C19H16N4O2S. The van der Waals surface area contributed by atoms with Crippen molar-refractivity contribution in [1.29, 1.82) is 0 Å². The largest absolute Gasteiger partial charge is 0.497 e. The van der Waals surface area contributed by atoms with Crippen LogP contribution in [0.1, 0.15) is 5.89 Å². The molecule has 130 valence electrons. The minimum absolute atomic E-state index is 0.527. The van der Waals surface area contributed by atoms with E-state index in [0.717, 1.165) is 22.2 Å². The third-order valence-corrected chi connectivity index (χ3v) is 4.72. The smallest absolute Gasteiger partial charge is 0.247 e. The van der Waals surface area contributed by atoms with Crippen molar-refractivity contribution in [2.24, 2.45) is 0 Å². The number of benzene rings is 2. The second-order valence-electron chi connectivity index (χ2n) is 5.43. The maximum Gasteiger partial charge on any atom is 0.247 e. The van der Waals surface area contributed by atoms with Crippen molar-refractivity contribution in [2.75, 3.05) is 7.11 Å². The Morgan fingerprint density at radius 2 is 1.85 bits per heavy atom. The predicted octanol–water partition coefficient (Wildman–Crippen LogP) is 4.22. The first kappa shape index (κ1) is 16.4. The fourth-order valence-electron chi connectivity index (χ4n) is 2.47. The van der Waals surface area contributed by atoms with Crippen LogP contribution in [0.2, 0.25) is 0 Å². The van der Waals surface area contributed by atoms with Gasteiger partial charge in [0.05, 0.1) is 12.9 Å². The number of ether oxygens (including phenoxy) is 1. The van der Waals surface area contributed by atoms with Gasteiger partial charge in [0.2, 0.25) is 11.8 Å². The lowest BCUT2D eigenvalue weighted by atomic mass is 10.2. The van der Waals surface area contributed by atoms with Crippen LogP contribution in [0.4, 0.5) is 0 Å². The molecule has 4 rings (SSSR count). The van der Waals surface area contributed by atoms with Gasteiger partial charge in [0.25, 0.3) is 0 Å². The van der Waals surface area contributed by atoms with Gasteiger partial charge in [0.15, 0.2) is 5.16 Å². The summed E-state index contributed by atoms with van der Waals surface area (Å²) in [6.07, 6.45) is 3.70. The molecule has 0 aliphatic heterocycles. The summed E-state index contributed by atoms with van der Waals surface area (Å²) in [5.41, 5.74) is 1.93. The highest BCUT2D eigenvalue weighted by Gasteiger charge is 2.11. The molecule has 7 heteroatoms. The number of methoxy groups -OCH3 is 1. The standard InChI is InChI=1S/C19H16N4O2S/c1-24-16-9-7-15(8-10-16)23-12-11-20-19(23)26-13-17-21-22-18(25-17)14-5-3-2-4-6-14/h2-12H,13H2,1H3. The van der Waals surface area contributed by atoms with Crippen LogP contribution in [0, 0.1) is 0 Å². The van der Waals surface area contributed by atoms with Crippen LogP contribution < -0.4 is 4.74 Å². The molecule has 2 aromatic heterocycles. The number of thioether (sulfide) groups is 1. The molecule has 0 spiro atoms. The maximum atomic E-state index is 5.75. The maximum absolute atomic E-state index is 5.75. The van der Waals surface area contributed by atoms with Crippen LogP contribution in [0.5, 0.6) is 5.75 Å². The zero-order chi connectivity index (χ0) is 17.8. The average Bonchev–Trinajstić information content (AvgIpc) is 3.36. The molecule has 0 N–H and O–H groups in total. The molecule has 2 heterocycles. The molecule has 0 amide bonds. The van der Waals surface area contributed by atoms with Crippen LogP contribution in [-0.2, 0) is 5.75 Å². The van der Waals surface area contributed by atoms with E-state index in [1.54, 1.807) is 25.1 Å². The summed E-state index contributed by atoms with van der Waals surface area (Å²) in [4.78, 5) is 4.42. The van der Waals surface area contributed by atoms with Gasteiger partial charge >= 0.3 is 0 Å². The first-order chi connectivity index (χ1) is 12.8. The Balaban J connectivity index is 1.47. The molecule has 0 unspecified atom stereocenters. The molecule has 26 heavy (non-hydrogen) atoms. The van der Waals surface area contributed by atoms with Gasteiger partial charge in [-0.3, -0.25) is 4.57 Å². The molecule has 0 fully saturated rings. The monoisotopic (exact) mass is 364 g/mol. The molecule has 0 saturated heterocycles. The second kappa shape index (κ2) is 7.45. The predicted molar refractivity (Wildman–Crippen MR) is 99.4 cm³/mol. The van der Waals surface area contributed by atoms with E-state index in [2.05, 4.69) is 15.2 Å². The van der Waals surface area contributed by atoms with Crippen molar-refractivity contribution in [3.63, 3.8) is 0 Å². The lowest BCUT2D eigenvalue weighted by Crippen LogP contribution is -1.95. The van der Waals surface area contributed by atoms with Gasteiger partial charge in [-0.1, -0.05) is 30.0 Å². The van der Waals surface area contributed by atoms with Crippen molar-refractivity contribution >= 4 is 11.8 Å². The average molecular weight is 364 g/mol. The Hall–Kier alpha value is -3.06. The van der Waals surface area contributed by atoms with Gasteiger partial charge in [-0.2, -0.15) is 0 Å². The van der Waals surface area contributed by atoms with E-state index in [1.807, 2.05) is 65.4 Å². The van der Waals surface area contributed by atoms with Crippen LogP contribution in [0.25, 0.3) is 17.1 Å². The van der Waals surface area contributed by atoms with Crippen LogP contribution in [0.15, 0.2) is 76.6 Å². The third kappa shape index (κ3) is 3.48. The van der Waals surface area contributed by atoms with Crippen molar-refractivity contribution in [3.05, 3.63) is 72.9 Å². The number of rotatable bonds is 6. The fraction of sp³-hybridized carbons (Fsp3) is 0.105. The van der Waals surface area contributed by atoms with Crippen molar-refractivity contribution < 1.29 is 9.15 Å². The summed E-state index contributed by atoms with van der Waals surface area (Å²) in [7, 11) is 1.65. The van der Waals surface area contributed by atoms with E-state index in [0.29, 0.717) is 17.5 Å².